The Kier molecular flexibility index (Phi) is 5.71. The van der Waals surface area contributed by atoms with Crippen molar-refractivity contribution in [1.29, 1.82) is 0 Å². The molecule has 1 aliphatic heterocycles. The number of likely N-dealkylation sites (N-methyl/N-ethyl adjacent to an activating group) is 1. The molecule has 2 aliphatic rings. The summed E-state index contributed by atoms with van der Waals surface area (Å²) in [5, 5.41) is 0. The number of nitrogens with zero attached hydrogens (tertiary/aromatic N) is 2. The predicted molar refractivity (Wildman–Crippen MR) is 97.4 cm³/mol. The Labute approximate surface area is 150 Å². The van der Waals surface area contributed by atoms with Crippen molar-refractivity contribution in [1.82, 2.24) is 9.80 Å². The summed E-state index contributed by atoms with van der Waals surface area (Å²) in [6, 6.07) is 8.14. The second kappa shape index (κ2) is 7.24. The number of hydrogen-bond donors (Lipinski definition) is 0. The van der Waals surface area contributed by atoms with Gasteiger partial charge in [0.1, 0.15) is 0 Å². The molecular formula is C19H27ClN2O2. The van der Waals surface area contributed by atoms with Crippen molar-refractivity contribution in [2.24, 2.45) is 0 Å². The molecule has 2 amide bonds. The number of fused-ring (bicyclic) bond motifs is 2. The van der Waals surface area contributed by atoms with E-state index in [-0.39, 0.29) is 30.3 Å². The van der Waals surface area contributed by atoms with E-state index in [9.17, 15) is 9.59 Å². The van der Waals surface area contributed by atoms with Gasteiger partial charge in [0.2, 0.25) is 11.8 Å². The van der Waals surface area contributed by atoms with Crippen LogP contribution >= 0.6 is 12.4 Å². The van der Waals surface area contributed by atoms with Crippen molar-refractivity contribution in [2.45, 2.75) is 50.5 Å². The highest BCUT2D eigenvalue weighted by Crippen LogP contribution is 2.46. The monoisotopic (exact) mass is 350 g/mol. The molecule has 132 valence electrons. The van der Waals surface area contributed by atoms with Gasteiger partial charge in [0.05, 0.1) is 11.5 Å². The fourth-order valence-electron chi connectivity index (χ4n) is 4.27. The number of halogens is 1. The zero-order chi connectivity index (χ0) is 16.6. The molecule has 1 aromatic carbocycles. The maximum absolute atomic E-state index is 13.3. The van der Waals surface area contributed by atoms with Crippen LogP contribution < -0.4 is 0 Å². The first-order valence-corrected chi connectivity index (χ1v) is 8.59. The summed E-state index contributed by atoms with van der Waals surface area (Å²) in [6.07, 6.45) is 3.92. The number of imide groups is 1. The fraction of sp³-hybridized carbons (Fsp3) is 0.579. The van der Waals surface area contributed by atoms with Crippen LogP contribution in [-0.2, 0) is 21.4 Å². The average molecular weight is 351 g/mol. The molecule has 0 bridgehead atoms. The van der Waals surface area contributed by atoms with Crippen LogP contribution in [-0.4, -0.2) is 48.3 Å². The van der Waals surface area contributed by atoms with E-state index in [4.69, 9.17) is 0 Å². The Hall–Kier alpha value is -1.39. The van der Waals surface area contributed by atoms with Crippen LogP contribution in [0.25, 0.3) is 0 Å². The molecular weight excluding hydrogens is 324 g/mol. The maximum Gasteiger partial charge on any atom is 0.240 e. The number of carbonyl (C=O) groups is 2. The Bertz CT molecular complexity index is 632. The standard InChI is InChI=1S/C19H26N2O2.ClH/c1-4-15(13-20(2)3)21-17(22)12-19(18(21)23)11-7-9-14-8-5-6-10-16(14)19;/h5-6,8,10,15H,4,7,9,11-13H2,1-3H3;1H. The summed E-state index contributed by atoms with van der Waals surface area (Å²) < 4.78 is 0. The Morgan fingerprint density at radius 3 is 2.62 bits per heavy atom. The third-order valence-electron chi connectivity index (χ3n) is 5.34. The lowest BCUT2D eigenvalue weighted by Crippen LogP contribution is -2.48. The molecule has 1 aliphatic carbocycles. The van der Waals surface area contributed by atoms with Crippen molar-refractivity contribution in [3.05, 3.63) is 35.4 Å². The number of hydrogen-bond acceptors (Lipinski definition) is 3. The summed E-state index contributed by atoms with van der Waals surface area (Å²) in [7, 11) is 3.97. The number of benzene rings is 1. The van der Waals surface area contributed by atoms with E-state index in [0.29, 0.717) is 6.42 Å². The lowest BCUT2D eigenvalue weighted by molar-refractivity contribution is -0.143. The molecule has 1 fully saturated rings. The quantitative estimate of drug-likeness (QED) is 0.784. The van der Waals surface area contributed by atoms with Crippen molar-refractivity contribution in [2.75, 3.05) is 20.6 Å². The number of likely N-dealkylation sites (tertiary alicyclic amines) is 1. The van der Waals surface area contributed by atoms with E-state index in [1.807, 2.05) is 26.2 Å². The van der Waals surface area contributed by atoms with Crippen molar-refractivity contribution >= 4 is 24.2 Å². The molecule has 1 aromatic rings. The predicted octanol–water partition coefficient (Wildman–Crippen LogP) is 2.78. The summed E-state index contributed by atoms with van der Waals surface area (Å²) in [6.45, 7) is 2.78. The van der Waals surface area contributed by atoms with E-state index in [0.717, 1.165) is 37.8 Å². The molecule has 2 atom stereocenters. The van der Waals surface area contributed by atoms with E-state index < -0.39 is 5.41 Å². The van der Waals surface area contributed by atoms with Crippen LogP contribution in [0.5, 0.6) is 0 Å². The second-order valence-corrected chi connectivity index (χ2v) is 7.16. The molecule has 0 radical (unpaired) electrons. The van der Waals surface area contributed by atoms with Gasteiger partial charge in [-0.2, -0.15) is 0 Å². The minimum absolute atomic E-state index is 0. The molecule has 1 heterocycles. The van der Waals surface area contributed by atoms with Gasteiger partial charge in [-0.25, -0.2) is 0 Å². The number of carbonyl (C=O) groups excluding carboxylic acids is 2. The first kappa shape index (κ1) is 18.9. The van der Waals surface area contributed by atoms with E-state index in [1.54, 1.807) is 4.90 Å². The molecule has 4 nitrogen and oxygen atoms in total. The summed E-state index contributed by atoms with van der Waals surface area (Å²) in [4.78, 5) is 29.7. The zero-order valence-electron chi connectivity index (χ0n) is 14.7. The van der Waals surface area contributed by atoms with E-state index in [1.165, 1.54) is 5.56 Å². The van der Waals surface area contributed by atoms with Crippen LogP contribution in [0.2, 0.25) is 0 Å². The van der Waals surface area contributed by atoms with Crippen molar-refractivity contribution in [3.8, 4) is 0 Å². The molecule has 5 heteroatoms. The lowest BCUT2D eigenvalue weighted by Gasteiger charge is -2.35. The Morgan fingerprint density at radius 2 is 1.96 bits per heavy atom. The van der Waals surface area contributed by atoms with Crippen LogP contribution in [0.3, 0.4) is 0 Å². The van der Waals surface area contributed by atoms with Gasteiger partial charge in [-0.15, -0.1) is 12.4 Å². The number of rotatable bonds is 4. The van der Waals surface area contributed by atoms with Crippen molar-refractivity contribution < 1.29 is 9.59 Å². The molecule has 1 saturated heterocycles. The largest absolute Gasteiger partial charge is 0.307 e. The molecule has 0 N–H and O–H groups in total. The van der Waals surface area contributed by atoms with Gasteiger partial charge in [-0.1, -0.05) is 31.2 Å². The van der Waals surface area contributed by atoms with Crippen LogP contribution in [0.4, 0.5) is 0 Å². The molecule has 1 spiro atoms. The normalized spacial score (nSPS) is 24.2. The highest BCUT2D eigenvalue weighted by Gasteiger charge is 2.55. The summed E-state index contributed by atoms with van der Waals surface area (Å²) in [5.74, 6) is 0.0313. The van der Waals surface area contributed by atoms with Gasteiger partial charge in [0.15, 0.2) is 0 Å². The van der Waals surface area contributed by atoms with E-state index in [2.05, 4.69) is 24.0 Å². The lowest BCUT2D eigenvalue weighted by atomic mass is 9.69. The minimum atomic E-state index is -0.605. The second-order valence-electron chi connectivity index (χ2n) is 7.16. The number of aryl methyl sites for hydroxylation is 1. The Balaban J connectivity index is 0.00000208. The van der Waals surface area contributed by atoms with Gasteiger partial charge in [-0.3, -0.25) is 14.5 Å². The molecule has 2 unspecified atom stereocenters. The van der Waals surface area contributed by atoms with Gasteiger partial charge >= 0.3 is 0 Å². The maximum atomic E-state index is 13.3. The first-order valence-electron chi connectivity index (χ1n) is 8.59. The third-order valence-corrected chi connectivity index (χ3v) is 5.34. The fourth-order valence-corrected chi connectivity index (χ4v) is 4.27. The average Bonchev–Trinajstić information content (AvgIpc) is 2.77. The third kappa shape index (κ3) is 2.98. The zero-order valence-corrected chi connectivity index (χ0v) is 15.6. The topological polar surface area (TPSA) is 40.6 Å². The van der Waals surface area contributed by atoms with Crippen LogP contribution in [0.15, 0.2) is 24.3 Å². The van der Waals surface area contributed by atoms with Gasteiger partial charge in [-0.05, 0) is 50.9 Å². The smallest absolute Gasteiger partial charge is 0.240 e. The van der Waals surface area contributed by atoms with Crippen molar-refractivity contribution in [3.63, 3.8) is 0 Å². The van der Waals surface area contributed by atoms with Crippen LogP contribution in [0.1, 0.15) is 43.7 Å². The summed E-state index contributed by atoms with van der Waals surface area (Å²) >= 11 is 0. The minimum Gasteiger partial charge on any atom is -0.307 e. The van der Waals surface area contributed by atoms with Gasteiger partial charge < -0.3 is 4.90 Å². The molecule has 0 aromatic heterocycles. The Morgan fingerprint density at radius 1 is 1.25 bits per heavy atom. The summed E-state index contributed by atoms with van der Waals surface area (Å²) in [5.41, 5.74) is 1.72. The number of amides is 2. The van der Waals surface area contributed by atoms with Gasteiger partial charge in [0.25, 0.3) is 0 Å². The highest BCUT2D eigenvalue weighted by molar-refractivity contribution is 6.09. The highest BCUT2D eigenvalue weighted by atomic mass is 35.5. The first-order chi connectivity index (χ1) is 11.0. The SMILES string of the molecule is CCC(CN(C)C)N1C(=O)CC2(CCCc3ccccc32)C1=O.Cl. The molecule has 3 rings (SSSR count). The molecule has 0 saturated carbocycles. The van der Waals surface area contributed by atoms with Gasteiger partial charge in [0, 0.05) is 13.0 Å². The van der Waals surface area contributed by atoms with Crippen LogP contribution in [0, 0.1) is 0 Å². The molecule has 24 heavy (non-hydrogen) atoms. The van der Waals surface area contributed by atoms with E-state index >= 15 is 0 Å².